The van der Waals surface area contributed by atoms with Gasteiger partial charge in [-0.05, 0) is 0 Å². The second-order valence-corrected chi connectivity index (χ2v) is 2.72. The second-order valence-electron chi connectivity index (χ2n) is 2.72. The van der Waals surface area contributed by atoms with Gasteiger partial charge in [-0.3, -0.25) is 0 Å². The molecule has 0 aliphatic heterocycles. The van der Waals surface area contributed by atoms with Crippen molar-refractivity contribution in [3.8, 4) is 5.88 Å². The van der Waals surface area contributed by atoms with E-state index in [0.717, 1.165) is 12.3 Å². The van der Waals surface area contributed by atoms with Crippen LogP contribution in [0.5, 0.6) is 5.88 Å². The summed E-state index contributed by atoms with van der Waals surface area (Å²) in [4.78, 5) is 3.34. The van der Waals surface area contributed by atoms with Gasteiger partial charge < -0.3 is 10.5 Å². The molecule has 0 bridgehead atoms. The average molecular weight is 224 g/mol. The highest BCUT2D eigenvalue weighted by Crippen LogP contribution is 2.18. The van der Waals surface area contributed by atoms with Gasteiger partial charge in [0, 0.05) is 18.2 Å². The molecule has 1 aromatic heterocycles. The van der Waals surface area contributed by atoms with Crippen molar-refractivity contribution in [1.29, 1.82) is 0 Å². The third-order valence-corrected chi connectivity index (χ3v) is 1.51. The van der Waals surface area contributed by atoms with E-state index >= 15 is 0 Å². The van der Waals surface area contributed by atoms with Crippen LogP contribution in [-0.2, 0) is 6.54 Å². The average Bonchev–Trinajstić information content (AvgIpc) is 2.15. The molecule has 0 aliphatic carbocycles. The maximum Gasteiger partial charge on any atom is 0.422 e. The van der Waals surface area contributed by atoms with E-state index in [0.29, 0.717) is 0 Å². The fourth-order valence-corrected chi connectivity index (χ4v) is 0.850. The fraction of sp³-hybridized carbons (Fsp3) is 0.375. The van der Waals surface area contributed by atoms with Crippen molar-refractivity contribution in [1.82, 2.24) is 4.98 Å². The zero-order valence-corrected chi connectivity index (χ0v) is 7.51. The molecule has 15 heavy (non-hydrogen) atoms. The summed E-state index contributed by atoms with van der Waals surface area (Å²) >= 11 is 0. The van der Waals surface area contributed by atoms with Crippen molar-refractivity contribution < 1.29 is 22.3 Å². The lowest BCUT2D eigenvalue weighted by Gasteiger charge is -2.09. The summed E-state index contributed by atoms with van der Waals surface area (Å²) in [5.41, 5.74) is 5.21. The molecule has 0 unspecified atom stereocenters. The molecular weight excluding hydrogens is 216 g/mol. The van der Waals surface area contributed by atoms with Crippen molar-refractivity contribution in [3.63, 3.8) is 0 Å². The first-order chi connectivity index (χ1) is 6.92. The van der Waals surface area contributed by atoms with E-state index in [-0.39, 0.29) is 18.0 Å². The van der Waals surface area contributed by atoms with Crippen LogP contribution >= 0.6 is 0 Å². The van der Waals surface area contributed by atoms with Crippen LogP contribution in [0.25, 0.3) is 0 Å². The summed E-state index contributed by atoms with van der Waals surface area (Å²) in [5, 5.41) is 0. The Hall–Kier alpha value is -1.37. The molecule has 0 saturated carbocycles. The monoisotopic (exact) mass is 224 g/mol. The summed E-state index contributed by atoms with van der Waals surface area (Å²) < 4.78 is 52.4. The Morgan fingerprint density at radius 1 is 1.40 bits per heavy atom. The van der Waals surface area contributed by atoms with Crippen LogP contribution in [0.2, 0.25) is 0 Å². The predicted octanol–water partition coefficient (Wildman–Crippen LogP) is 1.62. The number of halogens is 4. The lowest BCUT2D eigenvalue weighted by molar-refractivity contribution is -0.154. The first-order valence-corrected chi connectivity index (χ1v) is 3.96. The molecule has 0 spiro atoms. The summed E-state index contributed by atoms with van der Waals surface area (Å²) in [7, 11) is 0. The number of hydrogen-bond donors (Lipinski definition) is 1. The van der Waals surface area contributed by atoms with Gasteiger partial charge in [0.2, 0.25) is 5.88 Å². The summed E-state index contributed by atoms with van der Waals surface area (Å²) in [6.45, 7) is -1.59. The van der Waals surface area contributed by atoms with E-state index in [1.807, 2.05) is 0 Å². The van der Waals surface area contributed by atoms with Gasteiger partial charge in [-0.2, -0.15) is 13.2 Å². The second kappa shape index (κ2) is 4.43. The van der Waals surface area contributed by atoms with E-state index in [4.69, 9.17) is 5.73 Å². The Balaban J connectivity index is 2.70. The minimum absolute atomic E-state index is 0.0576. The zero-order chi connectivity index (χ0) is 11.5. The molecule has 3 nitrogen and oxygen atoms in total. The fourth-order valence-electron chi connectivity index (χ4n) is 0.850. The van der Waals surface area contributed by atoms with E-state index in [2.05, 4.69) is 9.72 Å². The minimum atomic E-state index is -4.45. The first kappa shape index (κ1) is 11.7. The third kappa shape index (κ3) is 3.70. The smallest absolute Gasteiger partial charge is 0.422 e. The standard InChI is InChI=1S/C8H8F4N2O/c9-6-3-14-7(1-5(6)2-13)15-4-8(10,11)12/h1,3H,2,4,13H2. The molecule has 0 radical (unpaired) electrons. The topological polar surface area (TPSA) is 48.1 Å². The van der Waals surface area contributed by atoms with Gasteiger partial charge in [0.1, 0.15) is 5.82 Å². The van der Waals surface area contributed by atoms with Gasteiger partial charge in [0.05, 0.1) is 6.20 Å². The lowest BCUT2D eigenvalue weighted by atomic mass is 10.2. The third-order valence-electron chi connectivity index (χ3n) is 1.51. The normalized spacial score (nSPS) is 11.5. The molecule has 1 rings (SSSR count). The summed E-state index contributed by atoms with van der Waals surface area (Å²) in [5.74, 6) is -0.967. The number of hydrogen-bond acceptors (Lipinski definition) is 3. The molecule has 0 aromatic carbocycles. The van der Waals surface area contributed by atoms with Gasteiger partial charge in [-0.1, -0.05) is 0 Å². The highest BCUT2D eigenvalue weighted by Gasteiger charge is 2.28. The van der Waals surface area contributed by atoms with Crippen molar-refractivity contribution in [2.45, 2.75) is 12.7 Å². The Morgan fingerprint density at radius 2 is 2.07 bits per heavy atom. The molecule has 84 valence electrons. The molecular formula is C8H8F4N2O. The number of aromatic nitrogens is 1. The van der Waals surface area contributed by atoms with Crippen molar-refractivity contribution in [2.24, 2.45) is 5.73 Å². The first-order valence-electron chi connectivity index (χ1n) is 3.96. The molecule has 1 aromatic rings. The lowest BCUT2D eigenvalue weighted by Crippen LogP contribution is -2.19. The van der Waals surface area contributed by atoms with Crippen LogP contribution < -0.4 is 10.5 Å². The molecule has 0 fully saturated rings. The van der Waals surface area contributed by atoms with Crippen molar-refractivity contribution >= 4 is 0 Å². The summed E-state index contributed by atoms with van der Waals surface area (Å²) in [6.07, 6.45) is -3.67. The van der Waals surface area contributed by atoms with Crippen molar-refractivity contribution in [3.05, 3.63) is 23.6 Å². The Labute approximate surface area is 82.9 Å². The minimum Gasteiger partial charge on any atom is -0.468 e. The van der Waals surface area contributed by atoms with Gasteiger partial charge in [-0.15, -0.1) is 0 Å². The van der Waals surface area contributed by atoms with Gasteiger partial charge >= 0.3 is 6.18 Å². The maximum atomic E-state index is 12.8. The van der Waals surface area contributed by atoms with Crippen LogP contribution in [0.3, 0.4) is 0 Å². The van der Waals surface area contributed by atoms with E-state index in [1.165, 1.54) is 0 Å². The molecule has 1 heterocycles. The molecule has 0 atom stereocenters. The Bertz CT molecular complexity index is 340. The predicted molar refractivity (Wildman–Crippen MR) is 43.6 cm³/mol. The highest BCUT2D eigenvalue weighted by molar-refractivity contribution is 5.21. The van der Waals surface area contributed by atoms with Crippen molar-refractivity contribution in [2.75, 3.05) is 6.61 Å². The van der Waals surface area contributed by atoms with Gasteiger partial charge in [0.15, 0.2) is 6.61 Å². The largest absolute Gasteiger partial charge is 0.468 e. The number of nitrogens with two attached hydrogens (primary N) is 1. The van der Waals surface area contributed by atoms with Gasteiger partial charge in [-0.25, -0.2) is 9.37 Å². The molecule has 0 amide bonds. The summed E-state index contributed by atoms with van der Waals surface area (Å²) in [6, 6.07) is 1.04. The maximum absolute atomic E-state index is 12.8. The van der Waals surface area contributed by atoms with E-state index in [1.54, 1.807) is 0 Å². The number of rotatable bonds is 3. The van der Waals surface area contributed by atoms with Crippen LogP contribution in [0.4, 0.5) is 17.6 Å². The SMILES string of the molecule is NCc1cc(OCC(F)(F)F)ncc1F. The molecule has 7 heteroatoms. The quantitative estimate of drug-likeness (QED) is 0.793. The van der Waals surface area contributed by atoms with E-state index in [9.17, 15) is 17.6 Å². The Morgan fingerprint density at radius 3 is 2.60 bits per heavy atom. The molecule has 2 N–H and O–H groups in total. The van der Waals surface area contributed by atoms with Crippen LogP contribution in [-0.4, -0.2) is 17.8 Å². The zero-order valence-electron chi connectivity index (χ0n) is 7.51. The molecule has 0 saturated heterocycles. The van der Waals surface area contributed by atoms with Crippen LogP contribution in [0.1, 0.15) is 5.56 Å². The van der Waals surface area contributed by atoms with E-state index < -0.39 is 18.6 Å². The molecule has 0 aliphatic rings. The Kier molecular flexibility index (Phi) is 3.46. The number of ether oxygens (including phenoxy) is 1. The number of pyridine rings is 1. The van der Waals surface area contributed by atoms with Gasteiger partial charge in [0.25, 0.3) is 0 Å². The number of nitrogens with zero attached hydrogens (tertiary/aromatic N) is 1. The number of alkyl halides is 3. The van der Waals surface area contributed by atoms with Crippen LogP contribution in [0.15, 0.2) is 12.3 Å². The highest BCUT2D eigenvalue weighted by atomic mass is 19.4. The van der Waals surface area contributed by atoms with Crippen LogP contribution in [0, 0.1) is 5.82 Å².